The van der Waals surface area contributed by atoms with Crippen LogP contribution < -0.4 is 4.74 Å². The zero-order chi connectivity index (χ0) is 23.9. The van der Waals surface area contributed by atoms with Crippen molar-refractivity contribution in [2.75, 3.05) is 27.4 Å². The highest BCUT2D eigenvalue weighted by atomic mass is 32.5. The van der Waals surface area contributed by atoms with E-state index in [1.165, 1.54) is 14.2 Å². The number of benzene rings is 1. The monoisotopic (exact) mass is 486 g/mol. The van der Waals surface area contributed by atoms with Gasteiger partial charge in [-0.1, -0.05) is 19.4 Å². The lowest BCUT2D eigenvalue weighted by atomic mass is 9.99. The van der Waals surface area contributed by atoms with Gasteiger partial charge in [0.15, 0.2) is 0 Å². The molecule has 0 fully saturated rings. The van der Waals surface area contributed by atoms with Gasteiger partial charge in [0.05, 0.1) is 18.8 Å². The molecule has 0 N–H and O–H groups in total. The van der Waals surface area contributed by atoms with E-state index in [4.69, 9.17) is 18.9 Å². The quantitative estimate of drug-likeness (QED) is 0.373. The highest BCUT2D eigenvalue weighted by molar-refractivity contribution is 8.45. The number of methoxy groups -OCH3 is 2. The van der Waals surface area contributed by atoms with Gasteiger partial charge >= 0.3 is 22.4 Å². The summed E-state index contributed by atoms with van der Waals surface area (Å²) in [6.07, 6.45) is -8.79. The van der Waals surface area contributed by atoms with Crippen molar-refractivity contribution >= 4 is 22.3 Å². The van der Waals surface area contributed by atoms with Gasteiger partial charge in [0.25, 0.3) is 0 Å². The Morgan fingerprint density at radius 3 is 2.10 bits per heavy atom. The normalized spacial score (nSPS) is 19.1. The highest BCUT2D eigenvalue weighted by Gasteiger charge is 2.65. The number of fused-ring (bicyclic) bond motifs is 1. The number of esters is 1. The van der Waals surface area contributed by atoms with Gasteiger partial charge < -0.3 is 18.9 Å². The second-order valence-corrected chi connectivity index (χ2v) is 9.11. The number of rotatable bonds is 7. The van der Waals surface area contributed by atoms with Gasteiger partial charge in [-0.2, -0.15) is 13.2 Å². The Morgan fingerprint density at radius 2 is 1.65 bits per heavy atom. The molecule has 1 aliphatic rings. The maximum Gasteiger partial charge on any atom is 0.430 e. The van der Waals surface area contributed by atoms with Crippen LogP contribution in [0.3, 0.4) is 0 Å². The second kappa shape index (κ2) is 7.52. The molecule has 1 atom stereocenters. The van der Waals surface area contributed by atoms with Crippen LogP contribution in [0.4, 0.5) is 32.6 Å². The van der Waals surface area contributed by atoms with E-state index in [0.29, 0.717) is 6.08 Å². The summed E-state index contributed by atoms with van der Waals surface area (Å²) in [6, 6.07) is -0.0657. The fourth-order valence-electron chi connectivity index (χ4n) is 2.80. The molecule has 1 aromatic carbocycles. The number of carbonyl (C=O) groups excluding carboxylic acids is 1. The van der Waals surface area contributed by atoms with E-state index in [1.807, 2.05) is 0 Å². The predicted octanol–water partition coefficient (Wildman–Crippen LogP) is 5.56. The van der Waals surface area contributed by atoms with Crippen molar-refractivity contribution in [1.29, 1.82) is 0 Å². The molecule has 1 aliphatic heterocycles. The number of aryl methyl sites for hydroxylation is 1. The summed E-state index contributed by atoms with van der Waals surface area (Å²) >= 11 is 0. The highest BCUT2D eigenvalue weighted by Crippen LogP contribution is 3.02. The summed E-state index contributed by atoms with van der Waals surface area (Å²) in [5, 5.41) is 0. The van der Waals surface area contributed by atoms with Gasteiger partial charge in [-0.05, 0) is 30.7 Å². The first-order chi connectivity index (χ1) is 13.9. The molecule has 31 heavy (non-hydrogen) atoms. The maximum absolute atomic E-state index is 13.5. The van der Waals surface area contributed by atoms with Gasteiger partial charge in [-0.3, -0.25) is 0 Å². The first-order valence-electron chi connectivity index (χ1n) is 8.40. The smallest absolute Gasteiger partial charge is 0.430 e. The van der Waals surface area contributed by atoms with Crippen molar-refractivity contribution in [2.24, 2.45) is 0 Å². The van der Waals surface area contributed by atoms with Gasteiger partial charge in [0.1, 0.15) is 16.7 Å². The zero-order valence-corrected chi connectivity index (χ0v) is 17.1. The zero-order valence-electron chi connectivity index (χ0n) is 16.3. The molecule has 0 saturated carbocycles. The fraction of sp³-hybridized carbons (Fsp3) is 0.471. The molecule has 0 bridgehead atoms. The van der Waals surface area contributed by atoms with Crippen molar-refractivity contribution in [3.05, 3.63) is 28.8 Å². The Kier molecular flexibility index (Phi) is 6.11. The number of alkyl halides is 3. The number of ether oxygens (including phenoxy) is 4. The summed E-state index contributed by atoms with van der Waals surface area (Å²) < 4.78 is 126. The van der Waals surface area contributed by atoms with E-state index in [2.05, 4.69) is 0 Å². The van der Waals surface area contributed by atoms with Crippen LogP contribution in [0.1, 0.15) is 11.1 Å². The minimum Gasteiger partial charge on any atom is -0.475 e. The lowest BCUT2D eigenvalue weighted by Gasteiger charge is -2.41. The van der Waals surface area contributed by atoms with Crippen LogP contribution in [-0.2, 0) is 19.0 Å². The first-order valence-corrected chi connectivity index (χ1v) is 10.3. The molecule has 0 unspecified atom stereocenters. The van der Waals surface area contributed by atoms with Crippen molar-refractivity contribution < 1.29 is 56.3 Å². The van der Waals surface area contributed by atoms with Crippen LogP contribution in [-0.4, -0.2) is 51.8 Å². The lowest BCUT2D eigenvalue weighted by Crippen LogP contribution is -2.42. The SMILES string of the molecule is COCC(COC)OC(=O)C1=Cc2cc(S(F)(F)(F)(F)F)cc(C)c2O[C@@H]1C(F)(F)F. The molecule has 1 aromatic rings. The molecule has 1 heterocycles. The van der Waals surface area contributed by atoms with E-state index in [-0.39, 0.29) is 25.3 Å². The van der Waals surface area contributed by atoms with Gasteiger partial charge in [0.2, 0.25) is 6.10 Å². The topological polar surface area (TPSA) is 54.0 Å². The molecule has 178 valence electrons. The average molecular weight is 486 g/mol. The average Bonchev–Trinajstić information content (AvgIpc) is 2.58. The van der Waals surface area contributed by atoms with Gasteiger partial charge in [0, 0.05) is 19.8 Å². The van der Waals surface area contributed by atoms with Crippen molar-refractivity contribution in [3.63, 3.8) is 0 Å². The van der Waals surface area contributed by atoms with Crippen molar-refractivity contribution in [3.8, 4) is 5.75 Å². The summed E-state index contributed by atoms with van der Waals surface area (Å²) in [7, 11) is -7.71. The van der Waals surface area contributed by atoms with E-state index < -0.39 is 61.9 Å². The Balaban J connectivity index is 2.59. The second-order valence-electron chi connectivity index (χ2n) is 6.70. The molecular formula is C17H18F8O5S. The summed E-state index contributed by atoms with van der Waals surface area (Å²) in [4.78, 5) is 10.0. The largest absolute Gasteiger partial charge is 0.475 e. The summed E-state index contributed by atoms with van der Waals surface area (Å²) in [6.45, 7) is 0.368. The van der Waals surface area contributed by atoms with E-state index in [9.17, 15) is 37.4 Å². The standard InChI is InChI=1S/C17H18F8O5S/c1-9-4-12(31(21,22,23,24)25)5-10-6-13(15(17(18,19)20)30-14(9)10)16(26)29-11(7-27-2)8-28-3/h4-6,11,15H,7-8H2,1-3H3/t15-/m0/s1. The third kappa shape index (κ3) is 6.01. The Labute approximate surface area is 171 Å². The molecule has 0 aromatic heterocycles. The van der Waals surface area contributed by atoms with Crippen LogP contribution >= 0.6 is 10.2 Å². The van der Waals surface area contributed by atoms with E-state index in [1.54, 1.807) is 0 Å². The summed E-state index contributed by atoms with van der Waals surface area (Å²) in [5.74, 6) is -2.29. The third-order valence-corrected chi connectivity index (χ3v) is 5.19. The fourth-order valence-corrected chi connectivity index (χ4v) is 3.55. The molecule has 0 radical (unpaired) electrons. The Hall–Kier alpha value is -2.06. The Morgan fingerprint density at radius 1 is 1.10 bits per heavy atom. The minimum atomic E-state index is -10.2. The van der Waals surface area contributed by atoms with E-state index >= 15 is 0 Å². The number of hydrogen-bond acceptors (Lipinski definition) is 5. The molecule has 14 heteroatoms. The lowest BCUT2D eigenvalue weighted by molar-refractivity contribution is -0.189. The number of carbonyl (C=O) groups is 1. The molecular weight excluding hydrogens is 468 g/mol. The first kappa shape index (κ1) is 25.2. The van der Waals surface area contributed by atoms with Crippen LogP contribution in [0.5, 0.6) is 5.75 Å². The van der Waals surface area contributed by atoms with Crippen LogP contribution in [0.2, 0.25) is 0 Å². The van der Waals surface area contributed by atoms with Crippen LogP contribution in [0.25, 0.3) is 6.08 Å². The molecule has 0 amide bonds. The molecule has 2 rings (SSSR count). The van der Waals surface area contributed by atoms with Crippen LogP contribution in [0, 0.1) is 6.92 Å². The third-order valence-electron chi connectivity index (χ3n) is 4.06. The number of halogens is 8. The maximum atomic E-state index is 13.5. The van der Waals surface area contributed by atoms with Gasteiger partial charge in [-0.25, -0.2) is 4.79 Å². The molecule has 0 aliphatic carbocycles. The summed E-state index contributed by atoms with van der Waals surface area (Å²) in [5.41, 5.74) is -2.60. The van der Waals surface area contributed by atoms with Crippen molar-refractivity contribution in [1.82, 2.24) is 0 Å². The molecule has 5 nitrogen and oxygen atoms in total. The van der Waals surface area contributed by atoms with E-state index in [0.717, 1.165) is 6.92 Å². The van der Waals surface area contributed by atoms with Crippen molar-refractivity contribution in [2.45, 2.75) is 30.2 Å². The minimum absolute atomic E-state index is 0.00180. The number of hydrogen-bond donors (Lipinski definition) is 0. The molecule has 0 spiro atoms. The Bertz CT molecular complexity index is 889. The predicted molar refractivity (Wildman–Crippen MR) is 94.7 cm³/mol. The van der Waals surface area contributed by atoms with Crippen LogP contribution in [0.15, 0.2) is 22.6 Å². The molecule has 0 saturated heterocycles. The van der Waals surface area contributed by atoms with Gasteiger partial charge in [-0.15, -0.1) is 0 Å².